The van der Waals surface area contributed by atoms with Gasteiger partial charge < -0.3 is 5.11 Å². The predicted octanol–water partition coefficient (Wildman–Crippen LogP) is 3.58. The maximum atomic E-state index is 13.6. The van der Waals surface area contributed by atoms with E-state index in [-0.39, 0.29) is 12.1 Å². The monoisotopic (exact) mass is 328 g/mol. The zero-order chi connectivity index (χ0) is 16.3. The SMILES string of the molecule is O[C@H]1c2c(C(F)(F)F)nn([C@H]3CCC[C@H](F)C3)c2CC1(F)F. The average molecular weight is 328 g/mol. The van der Waals surface area contributed by atoms with E-state index < -0.39 is 48.1 Å². The van der Waals surface area contributed by atoms with Crippen molar-refractivity contribution in [3.63, 3.8) is 0 Å². The summed E-state index contributed by atoms with van der Waals surface area (Å²) in [6.45, 7) is 0. The van der Waals surface area contributed by atoms with Crippen molar-refractivity contribution in [1.29, 1.82) is 0 Å². The van der Waals surface area contributed by atoms with Gasteiger partial charge in [-0.05, 0) is 19.3 Å². The van der Waals surface area contributed by atoms with E-state index in [0.717, 1.165) is 4.68 Å². The van der Waals surface area contributed by atoms with Gasteiger partial charge in [-0.15, -0.1) is 0 Å². The second kappa shape index (κ2) is 4.87. The number of hydrogen-bond acceptors (Lipinski definition) is 2. The van der Waals surface area contributed by atoms with Crippen molar-refractivity contribution < 1.29 is 31.4 Å². The normalized spacial score (nSPS) is 31.3. The number of aromatic nitrogens is 2. The van der Waals surface area contributed by atoms with Crippen LogP contribution >= 0.6 is 0 Å². The van der Waals surface area contributed by atoms with Gasteiger partial charge in [-0.1, -0.05) is 0 Å². The minimum atomic E-state index is -4.94. The van der Waals surface area contributed by atoms with Gasteiger partial charge in [0.05, 0.1) is 18.2 Å². The fourth-order valence-corrected chi connectivity index (χ4v) is 3.32. The summed E-state index contributed by atoms with van der Waals surface area (Å²) in [5.41, 5.74) is -2.68. The van der Waals surface area contributed by atoms with Crippen LogP contribution in [0, 0.1) is 0 Å². The van der Waals surface area contributed by atoms with E-state index in [2.05, 4.69) is 5.10 Å². The van der Waals surface area contributed by atoms with E-state index >= 15 is 0 Å². The lowest BCUT2D eigenvalue weighted by atomic mass is 9.94. The lowest BCUT2D eigenvalue weighted by molar-refractivity contribution is -0.146. The molecule has 1 saturated carbocycles. The Hall–Kier alpha value is -1.25. The molecule has 0 aromatic carbocycles. The minimum absolute atomic E-state index is 0.0485. The number of aliphatic hydroxyl groups is 1. The van der Waals surface area contributed by atoms with Crippen molar-refractivity contribution >= 4 is 0 Å². The van der Waals surface area contributed by atoms with Gasteiger partial charge in [0.15, 0.2) is 5.69 Å². The summed E-state index contributed by atoms with van der Waals surface area (Å²) >= 11 is 0. The fourth-order valence-electron chi connectivity index (χ4n) is 3.32. The molecule has 1 aromatic heterocycles. The summed E-state index contributed by atoms with van der Waals surface area (Å²) in [6.07, 6.45) is -8.57. The minimum Gasteiger partial charge on any atom is -0.382 e. The van der Waals surface area contributed by atoms with Crippen LogP contribution in [-0.4, -0.2) is 27.0 Å². The molecule has 2 aliphatic rings. The summed E-state index contributed by atoms with van der Waals surface area (Å²) in [5.74, 6) is -3.67. The quantitative estimate of drug-likeness (QED) is 0.800. The molecule has 0 radical (unpaired) electrons. The molecule has 0 amide bonds. The molecule has 1 heterocycles. The summed E-state index contributed by atoms with van der Waals surface area (Å²) in [6, 6.07) is -0.685. The summed E-state index contributed by atoms with van der Waals surface area (Å²) < 4.78 is 80.7. The van der Waals surface area contributed by atoms with Crippen molar-refractivity contribution in [2.75, 3.05) is 0 Å². The molecular weight excluding hydrogens is 314 g/mol. The predicted molar refractivity (Wildman–Crippen MR) is 63.2 cm³/mol. The average Bonchev–Trinajstić information content (AvgIpc) is 2.85. The Morgan fingerprint density at radius 1 is 1.23 bits per heavy atom. The number of halogens is 6. The van der Waals surface area contributed by atoms with Crippen LogP contribution < -0.4 is 0 Å². The number of hydrogen-bond donors (Lipinski definition) is 1. The van der Waals surface area contributed by atoms with Crippen LogP contribution in [0.5, 0.6) is 0 Å². The molecule has 2 aliphatic carbocycles. The van der Waals surface area contributed by atoms with Crippen molar-refractivity contribution in [2.45, 2.75) is 62.5 Å². The molecule has 22 heavy (non-hydrogen) atoms. The summed E-state index contributed by atoms with van der Waals surface area (Å²) in [4.78, 5) is 0. The van der Waals surface area contributed by atoms with Crippen LogP contribution in [0.4, 0.5) is 26.3 Å². The molecule has 124 valence electrons. The van der Waals surface area contributed by atoms with Gasteiger partial charge >= 0.3 is 6.18 Å². The smallest absolute Gasteiger partial charge is 0.382 e. The molecule has 3 nitrogen and oxygen atoms in total. The first-order chi connectivity index (χ1) is 10.1. The molecule has 0 aliphatic heterocycles. The van der Waals surface area contributed by atoms with E-state index in [1.165, 1.54) is 0 Å². The third kappa shape index (κ3) is 2.39. The topological polar surface area (TPSA) is 38.1 Å². The van der Waals surface area contributed by atoms with Gasteiger partial charge in [0, 0.05) is 12.0 Å². The highest BCUT2D eigenvalue weighted by Crippen LogP contribution is 2.49. The highest BCUT2D eigenvalue weighted by molar-refractivity contribution is 5.38. The molecule has 3 atom stereocenters. The Morgan fingerprint density at radius 3 is 2.50 bits per heavy atom. The second-order valence-electron chi connectivity index (χ2n) is 5.91. The third-order valence-electron chi connectivity index (χ3n) is 4.32. The lowest BCUT2D eigenvalue weighted by Gasteiger charge is -2.26. The van der Waals surface area contributed by atoms with E-state index in [1.807, 2.05) is 0 Å². The molecule has 0 saturated heterocycles. The maximum Gasteiger partial charge on any atom is 0.435 e. The van der Waals surface area contributed by atoms with Gasteiger partial charge in [0.2, 0.25) is 0 Å². The molecule has 9 heteroatoms. The first-order valence-electron chi connectivity index (χ1n) is 6.99. The Bertz CT molecular complexity index is 582. The van der Waals surface area contributed by atoms with E-state index in [0.29, 0.717) is 19.3 Å². The van der Waals surface area contributed by atoms with Crippen molar-refractivity contribution in [2.24, 2.45) is 0 Å². The largest absolute Gasteiger partial charge is 0.435 e. The Labute approximate surface area is 121 Å². The zero-order valence-corrected chi connectivity index (χ0v) is 11.4. The number of rotatable bonds is 1. The van der Waals surface area contributed by atoms with Gasteiger partial charge in [-0.25, -0.2) is 13.2 Å². The molecule has 0 spiro atoms. The van der Waals surface area contributed by atoms with Gasteiger partial charge in [0.25, 0.3) is 5.92 Å². The molecular formula is C13H14F6N2O. The number of fused-ring (bicyclic) bond motifs is 1. The van der Waals surface area contributed by atoms with Crippen LogP contribution in [-0.2, 0) is 12.6 Å². The number of aliphatic hydroxyl groups excluding tert-OH is 1. The molecule has 1 fully saturated rings. The van der Waals surface area contributed by atoms with Crippen molar-refractivity contribution in [3.8, 4) is 0 Å². The third-order valence-corrected chi connectivity index (χ3v) is 4.32. The van der Waals surface area contributed by atoms with Crippen LogP contribution in [0.1, 0.15) is 54.8 Å². The first kappa shape index (κ1) is 15.6. The molecule has 3 rings (SSSR count). The van der Waals surface area contributed by atoms with Crippen LogP contribution in [0.25, 0.3) is 0 Å². The lowest BCUT2D eigenvalue weighted by Crippen LogP contribution is -2.27. The van der Waals surface area contributed by atoms with Gasteiger partial charge in [0.1, 0.15) is 12.3 Å². The number of nitrogens with zero attached hydrogens (tertiary/aromatic N) is 2. The zero-order valence-electron chi connectivity index (χ0n) is 11.4. The van der Waals surface area contributed by atoms with Crippen molar-refractivity contribution in [3.05, 3.63) is 17.0 Å². The Balaban J connectivity index is 2.08. The first-order valence-corrected chi connectivity index (χ1v) is 6.99. The van der Waals surface area contributed by atoms with Crippen LogP contribution in [0.2, 0.25) is 0 Å². The van der Waals surface area contributed by atoms with Gasteiger partial charge in [-0.2, -0.15) is 18.3 Å². The molecule has 1 aromatic rings. The second-order valence-corrected chi connectivity index (χ2v) is 5.91. The number of alkyl halides is 6. The van der Waals surface area contributed by atoms with Crippen LogP contribution in [0.15, 0.2) is 0 Å². The standard InChI is InChI=1S/C13H14F6N2O/c14-6-2-1-3-7(4-6)21-8-5-12(15,16)11(22)9(8)10(20-21)13(17,18)19/h6-7,11,22H,1-5H2/t6-,7-,11-/m0/s1. The Kier molecular flexibility index (Phi) is 3.46. The molecule has 0 unspecified atom stereocenters. The Morgan fingerprint density at radius 2 is 1.91 bits per heavy atom. The highest BCUT2D eigenvalue weighted by atomic mass is 19.4. The highest BCUT2D eigenvalue weighted by Gasteiger charge is 2.55. The molecule has 0 bridgehead atoms. The van der Waals surface area contributed by atoms with E-state index in [1.54, 1.807) is 0 Å². The van der Waals surface area contributed by atoms with Gasteiger partial charge in [-0.3, -0.25) is 4.68 Å². The fraction of sp³-hybridized carbons (Fsp3) is 0.769. The summed E-state index contributed by atoms with van der Waals surface area (Å²) in [5, 5.41) is 12.9. The van der Waals surface area contributed by atoms with Crippen molar-refractivity contribution in [1.82, 2.24) is 9.78 Å². The van der Waals surface area contributed by atoms with Crippen LogP contribution in [0.3, 0.4) is 0 Å². The molecule has 1 N–H and O–H groups in total. The summed E-state index contributed by atoms with van der Waals surface area (Å²) in [7, 11) is 0. The van der Waals surface area contributed by atoms with E-state index in [9.17, 15) is 31.4 Å². The van der Waals surface area contributed by atoms with E-state index in [4.69, 9.17) is 0 Å². The maximum absolute atomic E-state index is 13.6.